The monoisotopic (exact) mass is 307 g/mol. The number of hydrogen-bond donors (Lipinski definition) is 2. The average molecular weight is 307 g/mol. The number of nitrogens with one attached hydrogen (secondary N) is 1. The minimum atomic E-state index is -0.162. The van der Waals surface area contributed by atoms with Gasteiger partial charge in [-0.05, 0) is 48.5 Å². The fourth-order valence-corrected chi connectivity index (χ4v) is 3.00. The van der Waals surface area contributed by atoms with E-state index in [0.717, 1.165) is 49.2 Å². The molecule has 0 atom stereocenters. The third-order valence-electron chi connectivity index (χ3n) is 3.41. The number of thiophene rings is 1. The Balaban J connectivity index is 1.80. The number of halogens is 1. The second kappa shape index (κ2) is 8.93. The highest BCUT2D eigenvalue weighted by Gasteiger charge is 2.07. The van der Waals surface area contributed by atoms with E-state index < -0.39 is 0 Å². The van der Waals surface area contributed by atoms with Gasteiger partial charge >= 0.3 is 0 Å². The minimum Gasteiger partial charge on any atom is -0.396 e. The van der Waals surface area contributed by atoms with Crippen molar-refractivity contribution in [1.29, 1.82) is 0 Å². The van der Waals surface area contributed by atoms with Crippen LogP contribution in [0.3, 0.4) is 0 Å². The van der Waals surface area contributed by atoms with Crippen molar-refractivity contribution in [2.75, 3.05) is 13.2 Å². The van der Waals surface area contributed by atoms with E-state index in [1.807, 2.05) is 29.6 Å². The maximum atomic E-state index is 13.9. The summed E-state index contributed by atoms with van der Waals surface area (Å²) < 4.78 is 13.9. The molecule has 0 saturated carbocycles. The van der Waals surface area contributed by atoms with Crippen molar-refractivity contribution in [3.8, 4) is 10.4 Å². The zero-order valence-corrected chi connectivity index (χ0v) is 13.0. The van der Waals surface area contributed by atoms with E-state index in [4.69, 9.17) is 5.11 Å². The maximum absolute atomic E-state index is 13.9. The van der Waals surface area contributed by atoms with E-state index in [0.29, 0.717) is 5.56 Å². The molecule has 0 saturated heterocycles. The molecule has 21 heavy (non-hydrogen) atoms. The summed E-state index contributed by atoms with van der Waals surface area (Å²) in [6.07, 6.45) is 4.22. The van der Waals surface area contributed by atoms with Crippen molar-refractivity contribution < 1.29 is 9.50 Å². The first-order valence-corrected chi connectivity index (χ1v) is 8.33. The second-order valence-corrected chi connectivity index (χ2v) is 6.05. The second-order valence-electron chi connectivity index (χ2n) is 5.11. The third kappa shape index (κ3) is 5.23. The molecule has 0 spiro atoms. The van der Waals surface area contributed by atoms with E-state index in [2.05, 4.69) is 5.32 Å². The van der Waals surface area contributed by atoms with Crippen LogP contribution < -0.4 is 5.32 Å². The molecular weight excluding hydrogens is 285 g/mol. The Morgan fingerprint density at radius 2 is 1.95 bits per heavy atom. The van der Waals surface area contributed by atoms with Gasteiger partial charge in [-0.1, -0.05) is 25.0 Å². The summed E-state index contributed by atoms with van der Waals surface area (Å²) in [6, 6.07) is 9.20. The van der Waals surface area contributed by atoms with Gasteiger partial charge < -0.3 is 10.4 Å². The number of benzene rings is 1. The first kappa shape index (κ1) is 16.1. The number of hydrogen-bond acceptors (Lipinski definition) is 3. The van der Waals surface area contributed by atoms with E-state index in [-0.39, 0.29) is 12.4 Å². The van der Waals surface area contributed by atoms with Gasteiger partial charge in [0.1, 0.15) is 5.82 Å². The molecule has 0 aliphatic rings. The van der Waals surface area contributed by atoms with Crippen LogP contribution in [-0.4, -0.2) is 18.3 Å². The van der Waals surface area contributed by atoms with Gasteiger partial charge in [-0.2, -0.15) is 0 Å². The molecule has 0 aliphatic heterocycles. The highest BCUT2D eigenvalue weighted by molar-refractivity contribution is 7.13. The lowest BCUT2D eigenvalue weighted by Gasteiger charge is -2.07. The van der Waals surface area contributed by atoms with E-state index >= 15 is 0 Å². The Bertz CT molecular complexity index is 528. The Hall–Kier alpha value is -1.23. The molecule has 114 valence electrons. The maximum Gasteiger partial charge on any atom is 0.131 e. The third-order valence-corrected chi connectivity index (χ3v) is 4.31. The molecule has 0 amide bonds. The van der Waals surface area contributed by atoms with Gasteiger partial charge in [0, 0.05) is 23.6 Å². The summed E-state index contributed by atoms with van der Waals surface area (Å²) in [4.78, 5) is 0.971. The van der Waals surface area contributed by atoms with Crippen LogP contribution in [0, 0.1) is 5.82 Å². The Kier molecular flexibility index (Phi) is 6.86. The van der Waals surface area contributed by atoms with Gasteiger partial charge in [-0.25, -0.2) is 4.39 Å². The number of aliphatic hydroxyl groups is 1. The van der Waals surface area contributed by atoms with Crippen molar-refractivity contribution in [1.82, 2.24) is 5.32 Å². The quantitative estimate of drug-likeness (QED) is 0.681. The van der Waals surface area contributed by atoms with Gasteiger partial charge in [0.2, 0.25) is 0 Å². The van der Waals surface area contributed by atoms with Crippen molar-refractivity contribution in [3.05, 3.63) is 47.1 Å². The fraction of sp³-hybridized carbons (Fsp3) is 0.412. The molecule has 0 bridgehead atoms. The molecule has 1 aromatic heterocycles. The molecule has 0 fully saturated rings. The van der Waals surface area contributed by atoms with Crippen LogP contribution in [0.2, 0.25) is 0 Å². The Morgan fingerprint density at radius 3 is 2.71 bits per heavy atom. The number of unbranched alkanes of at least 4 members (excludes halogenated alkanes) is 3. The smallest absolute Gasteiger partial charge is 0.131 e. The highest BCUT2D eigenvalue weighted by Crippen LogP contribution is 2.28. The van der Waals surface area contributed by atoms with Crippen LogP contribution >= 0.6 is 11.3 Å². The topological polar surface area (TPSA) is 32.3 Å². The first-order chi connectivity index (χ1) is 10.3. The normalized spacial score (nSPS) is 11.0. The zero-order chi connectivity index (χ0) is 14.9. The van der Waals surface area contributed by atoms with Crippen molar-refractivity contribution in [2.45, 2.75) is 32.2 Å². The van der Waals surface area contributed by atoms with Crippen LogP contribution in [0.5, 0.6) is 0 Å². The summed E-state index contributed by atoms with van der Waals surface area (Å²) in [6.45, 7) is 2.00. The van der Waals surface area contributed by atoms with E-state index in [1.165, 1.54) is 0 Å². The standard InChI is InChI=1S/C17H22FNOS/c18-16-8-7-14(12-15(16)17-6-5-11-21-17)13-19-9-3-1-2-4-10-20/h5-8,11-12,19-20H,1-4,9-10,13H2. The van der Waals surface area contributed by atoms with Crippen LogP contribution in [0.4, 0.5) is 4.39 Å². The largest absolute Gasteiger partial charge is 0.396 e. The van der Waals surface area contributed by atoms with E-state index in [1.54, 1.807) is 17.4 Å². The summed E-state index contributed by atoms with van der Waals surface area (Å²) in [7, 11) is 0. The van der Waals surface area contributed by atoms with Gasteiger partial charge in [0.25, 0.3) is 0 Å². The number of aliphatic hydroxyl groups excluding tert-OH is 1. The average Bonchev–Trinajstić information content (AvgIpc) is 3.02. The summed E-state index contributed by atoms with van der Waals surface area (Å²) in [5.41, 5.74) is 1.79. The predicted molar refractivity (Wildman–Crippen MR) is 87.0 cm³/mol. The summed E-state index contributed by atoms with van der Waals surface area (Å²) in [5, 5.41) is 14.1. The molecule has 0 radical (unpaired) electrons. The fourth-order valence-electron chi connectivity index (χ4n) is 2.25. The molecule has 2 N–H and O–H groups in total. The molecule has 1 heterocycles. The van der Waals surface area contributed by atoms with Crippen molar-refractivity contribution >= 4 is 11.3 Å². The van der Waals surface area contributed by atoms with Gasteiger partial charge in [0.05, 0.1) is 0 Å². The molecule has 2 nitrogen and oxygen atoms in total. The lowest BCUT2D eigenvalue weighted by molar-refractivity contribution is 0.282. The highest BCUT2D eigenvalue weighted by atomic mass is 32.1. The molecule has 0 aliphatic carbocycles. The summed E-state index contributed by atoms with van der Waals surface area (Å²) >= 11 is 1.56. The Morgan fingerprint density at radius 1 is 1.10 bits per heavy atom. The van der Waals surface area contributed by atoms with Crippen LogP contribution in [-0.2, 0) is 6.54 Å². The molecule has 0 unspecified atom stereocenters. The predicted octanol–water partition coefficient (Wildman–Crippen LogP) is 4.20. The summed E-state index contributed by atoms with van der Waals surface area (Å²) in [5.74, 6) is -0.162. The van der Waals surface area contributed by atoms with Gasteiger partial charge in [-0.3, -0.25) is 0 Å². The minimum absolute atomic E-state index is 0.162. The van der Waals surface area contributed by atoms with Crippen LogP contribution in [0.1, 0.15) is 31.2 Å². The van der Waals surface area contributed by atoms with Crippen LogP contribution in [0.25, 0.3) is 10.4 Å². The van der Waals surface area contributed by atoms with Crippen LogP contribution in [0.15, 0.2) is 35.7 Å². The molecule has 2 aromatic rings. The first-order valence-electron chi connectivity index (χ1n) is 7.45. The zero-order valence-electron chi connectivity index (χ0n) is 12.1. The van der Waals surface area contributed by atoms with E-state index in [9.17, 15) is 4.39 Å². The lowest BCUT2D eigenvalue weighted by atomic mass is 10.1. The van der Waals surface area contributed by atoms with Gasteiger partial charge in [-0.15, -0.1) is 11.3 Å². The Labute approximate surface area is 129 Å². The lowest BCUT2D eigenvalue weighted by Crippen LogP contribution is -2.14. The number of rotatable bonds is 9. The molecular formula is C17H22FNOS. The van der Waals surface area contributed by atoms with Crippen molar-refractivity contribution in [2.24, 2.45) is 0 Å². The van der Waals surface area contributed by atoms with Gasteiger partial charge in [0.15, 0.2) is 0 Å². The SMILES string of the molecule is OCCCCCCNCc1ccc(F)c(-c2cccs2)c1. The van der Waals surface area contributed by atoms with Crippen molar-refractivity contribution in [3.63, 3.8) is 0 Å². The molecule has 4 heteroatoms. The molecule has 2 rings (SSSR count). The molecule has 1 aromatic carbocycles.